The third kappa shape index (κ3) is 1.50. The Kier molecular flexibility index (Phi) is 1.85. The molecule has 0 aliphatic carbocycles. The van der Waals surface area contributed by atoms with Crippen LogP contribution in [0.4, 0.5) is 0 Å². The Morgan fingerprint density at radius 3 is 2.55 bits per heavy atom. The molecule has 0 radical (unpaired) electrons. The highest BCUT2D eigenvalue weighted by Gasteiger charge is 2.32. The van der Waals surface area contributed by atoms with Crippen LogP contribution in [0.5, 0.6) is 0 Å². The number of carbonyl (C=O) groups excluding carboxylic acids is 2. The summed E-state index contributed by atoms with van der Waals surface area (Å²) < 4.78 is 0. The van der Waals surface area contributed by atoms with E-state index in [9.17, 15) is 9.59 Å². The summed E-state index contributed by atoms with van der Waals surface area (Å²) in [5.41, 5.74) is -0.259. The van der Waals surface area contributed by atoms with E-state index in [1.165, 1.54) is 0 Å². The van der Waals surface area contributed by atoms with E-state index in [1.807, 2.05) is 13.8 Å². The molecule has 1 aliphatic rings. The molecular formula is C7H12N2O2. The zero-order valence-corrected chi connectivity index (χ0v) is 6.73. The second-order valence-corrected chi connectivity index (χ2v) is 3.05. The highest BCUT2D eigenvalue weighted by molar-refractivity contribution is 6.35. The number of rotatable bonds is 1. The highest BCUT2D eigenvalue weighted by atomic mass is 16.2. The maximum atomic E-state index is 10.8. The topological polar surface area (TPSA) is 58.2 Å². The zero-order valence-electron chi connectivity index (χ0n) is 6.73. The van der Waals surface area contributed by atoms with Crippen molar-refractivity contribution in [3.63, 3.8) is 0 Å². The van der Waals surface area contributed by atoms with Gasteiger partial charge in [0, 0.05) is 6.54 Å². The smallest absolute Gasteiger partial charge is 0.309 e. The Morgan fingerprint density at radius 2 is 2.09 bits per heavy atom. The minimum absolute atomic E-state index is 0.259. The molecule has 0 aromatic carbocycles. The van der Waals surface area contributed by atoms with Gasteiger partial charge in [0.2, 0.25) is 0 Å². The number of hydrogen-bond donors (Lipinski definition) is 2. The molecule has 0 spiro atoms. The van der Waals surface area contributed by atoms with Crippen molar-refractivity contribution >= 4 is 11.8 Å². The number of piperazine rings is 1. The summed E-state index contributed by atoms with van der Waals surface area (Å²) in [6.07, 6.45) is 0.818. The third-order valence-corrected chi connectivity index (χ3v) is 2.04. The van der Waals surface area contributed by atoms with Gasteiger partial charge in [-0.2, -0.15) is 0 Å². The van der Waals surface area contributed by atoms with Gasteiger partial charge >= 0.3 is 11.8 Å². The second kappa shape index (κ2) is 2.53. The van der Waals surface area contributed by atoms with Gasteiger partial charge in [-0.1, -0.05) is 6.92 Å². The molecule has 0 bridgehead atoms. The second-order valence-electron chi connectivity index (χ2n) is 3.05. The summed E-state index contributed by atoms with van der Waals surface area (Å²) in [6, 6.07) is 0. The first-order valence-electron chi connectivity index (χ1n) is 3.68. The summed E-state index contributed by atoms with van der Waals surface area (Å²) in [5.74, 6) is -1.06. The van der Waals surface area contributed by atoms with Crippen LogP contribution >= 0.6 is 0 Å². The fourth-order valence-electron chi connectivity index (χ4n) is 0.944. The molecule has 2 N–H and O–H groups in total. The third-order valence-electron chi connectivity index (χ3n) is 2.04. The Bertz CT molecular complexity index is 203. The Morgan fingerprint density at radius 1 is 1.45 bits per heavy atom. The largest absolute Gasteiger partial charge is 0.345 e. The highest BCUT2D eigenvalue weighted by Crippen LogP contribution is 2.09. The molecule has 0 saturated carbocycles. The molecule has 1 saturated heterocycles. The molecule has 4 nitrogen and oxygen atoms in total. The molecule has 2 amide bonds. The van der Waals surface area contributed by atoms with E-state index in [-0.39, 0.29) is 5.54 Å². The van der Waals surface area contributed by atoms with Crippen molar-refractivity contribution in [2.45, 2.75) is 25.8 Å². The lowest BCUT2D eigenvalue weighted by molar-refractivity contribution is -0.142. The van der Waals surface area contributed by atoms with E-state index in [1.54, 1.807) is 0 Å². The zero-order chi connectivity index (χ0) is 8.48. The summed E-state index contributed by atoms with van der Waals surface area (Å²) >= 11 is 0. The van der Waals surface area contributed by atoms with Crippen LogP contribution in [0.25, 0.3) is 0 Å². The van der Waals surface area contributed by atoms with Gasteiger partial charge < -0.3 is 10.6 Å². The predicted molar refractivity (Wildman–Crippen MR) is 39.8 cm³/mol. The SMILES string of the molecule is CCC1(C)CNC(=O)C(=O)N1. The van der Waals surface area contributed by atoms with E-state index < -0.39 is 11.8 Å². The van der Waals surface area contributed by atoms with Crippen molar-refractivity contribution in [3.05, 3.63) is 0 Å². The van der Waals surface area contributed by atoms with E-state index in [2.05, 4.69) is 10.6 Å². The van der Waals surface area contributed by atoms with E-state index in [0.29, 0.717) is 6.54 Å². The standard InChI is InChI=1S/C7H12N2O2/c1-3-7(2)4-8-5(10)6(11)9-7/h3-4H2,1-2H3,(H,8,10)(H,9,11). The minimum Gasteiger partial charge on any atom is -0.345 e. The number of carbonyl (C=O) groups is 2. The van der Waals surface area contributed by atoms with Gasteiger partial charge in [-0.05, 0) is 13.3 Å². The van der Waals surface area contributed by atoms with Crippen LogP contribution in [-0.4, -0.2) is 23.9 Å². The molecule has 62 valence electrons. The Labute approximate surface area is 65.3 Å². The average molecular weight is 156 g/mol. The average Bonchev–Trinajstić information content (AvgIpc) is 1.98. The van der Waals surface area contributed by atoms with Crippen molar-refractivity contribution < 1.29 is 9.59 Å². The molecule has 1 rings (SSSR count). The van der Waals surface area contributed by atoms with Gasteiger partial charge in [-0.3, -0.25) is 9.59 Å². The molecule has 1 aliphatic heterocycles. The van der Waals surface area contributed by atoms with Crippen LogP contribution in [0.15, 0.2) is 0 Å². The molecule has 1 heterocycles. The summed E-state index contributed by atoms with van der Waals surface area (Å²) in [4.78, 5) is 21.5. The lowest BCUT2D eigenvalue weighted by Gasteiger charge is -2.33. The van der Waals surface area contributed by atoms with Gasteiger partial charge in [0.25, 0.3) is 0 Å². The summed E-state index contributed by atoms with van der Waals surface area (Å²) in [5, 5.41) is 5.16. The van der Waals surface area contributed by atoms with Crippen molar-refractivity contribution in [3.8, 4) is 0 Å². The van der Waals surface area contributed by atoms with Crippen LogP contribution in [0.3, 0.4) is 0 Å². The normalized spacial score (nSPS) is 31.1. The number of amides is 2. The predicted octanol–water partition coefficient (Wildman–Crippen LogP) is -0.599. The minimum atomic E-state index is -0.532. The molecule has 11 heavy (non-hydrogen) atoms. The first-order chi connectivity index (χ1) is 5.07. The van der Waals surface area contributed by atoms with Crippen LogP contribution in [0.1, 0.15) is 20.3 Å². The van der Waals surface area contributed by atoms with Gasteiger partial charge in [-0.15, -0.1) is 0 Å². The molecule has 0 aromatic heterocycles. The quantitative estimate of drug-likeness (QED) is 0.498. The maximum Gasteiger partial charge on any atom is 0.309 e. The molecular weight excluding hydrogens is 144 g/mol. The van der Waals surface area contributed by atoms with Crippen molar-refractivity contribution in [1.82, 2.24) is 10.6 Å². The lowest BCUT2D eigenvalue weighted by Crippen LogP contribution is -2.62. The van der Waals surface area contributed by atoms with E-state index >= 15 is 0 Å². The van der Waals surface area contributed by atoms with Crippen LogP contribution < -0.4 is 10.6 Å². The van der Waals surface area contributed by atoms with Crippen LogP contribution in [0, 0.1) is 0 Å². The van der Waals surface area contributed by atoms with Gasteiger partial charge in [-0.25, -0.2) is 0 Å². The molecule has 4 heteroatoms. The van der Waals surface area contributed by atoms with Crippen molar-refractivity contribution in [1.29, 1.82) is 0 Å². The molecule has 1 atom stereocenters. The maximum absolute atomic E-state index is 10.8. The Balaban J connectivity index is 2.66. The summed E-state index contributed by atoms with van der Waals surface area (Å²) in [7, 11) is 0. The van der Waals surface area contributed by atoms with Crippen molar-refractivity contribution in [2.24, 2.45) is 0 Å². The van der Waals surface area contributed by atoms with Gasteiger partial charge in [0.1, 0.15) is 0 Å². The number of hydrogen-bond acceptors (Lipinski definition) is 2. The fraction of sp³-hybridized carbons (Fsp3) is 0.714. The first-order valence-corrected chi connectivity index (χ1v) is 3.68. The van der Waals surface area contributed by atoms with E-state index in [4.69, 9.17) is 0 Å². The molecule has 0 aromatic rings. The van der Waals surface area contributed by atoms with Crippen LogP contribution in [0.2, 0.25) is 0 Å². The number of nitrogens with one attached hydrogen (secondary N) is 2. The Hall–Kier alpha value is -1.06. The fourth-order valence-corrected chi connectivity index (χ4v) is 0.944. The first kappa shape index (κ1) is 8.04. The lowest BCUT2D eigenvalue weighted by atomic mass is 9.97. The van der Waals surface area contributed by atoms with Gasteiger partial charge in [0.15, 0.2) is 0 Å². The van der Waals surface area contributed by atoms with Gasteiger partial charge in [0.05, 0.1) is 5.54 Å². The van der Waals surface area contributed by atoms with Crippen LogP contribution in [-0.2, 0) is 9.59 Å². The van der Waals surface area contributed by atoms with Crippen molar-refractivity contribution in [2.75, 3.05) is 6.54 Å². The molecule has 1 fully saturated rings. The monoisotopic (exact) mass is 156 g/mol. The molecule has 1 unspecified atom stereocenters. The van der Waals surface area contributed by atoms with E-state index in [0.717, 1.165) is 6.42 Å². The summed E-state index contributed by atoms with van der Waals surface area (Å²) in [6.45, 7) is 4.40.